The molecule has 0 bridgehead atoms. The fraction of sp³-hybridized carbons (Fsp3) is 0.133. The molecule has 106 valence electrons. The van der Waals surface area contributed by atoms with Gasteiger partial charge in [0.25, 0.3) is 5.69 Å². The molecule has 6 heteroatoms. The Morgan fingerprint density at radius 1 is 1.33 bits per heavy atom. The topological polar surface area (TPSA) is 81.2 Å². The summed E-state index contributed by atoms with van der Waals surface area (Å²) in [7, 11) is 0. The van der Waals surface area contributed by atoms with Crippen LogP contribution in [0.5, 0.6) is 0 Å². The molecule has 6 nitrogen and oxygen atoms in total. The highest BCUT2D eigenvalue weighted by molar-refractivity contribution is 5.87. The Bertz CT molecular complexity index is 811. The summed E-state index contributed by atoms with van der Waals surface area (Å²) in [6, 6.07) is 8.69. The molecule has 2 aromatic heterocycles. The van der Waals surface area contributed by atoms with Gasteiger partial charge >= 0.3 is 0 Å². The number of nitrogens with zero attached hydrogens (tertiary/aromatic N) is 2. The van der Waals surface area contributed by atoms with Gasteiger partial charge in [-0.25, -0.2) is 4.98 Å². The van der Waals surface area contributed by atoms with E-state index in [9.17, 15) is 10.1 Å². The van der Waals surface area contributed by atoms with Crippen LogP contribution in [-0.2, 0) is 6.54 Å². The number of hydrogen-bond donors (Lipinski definition) is 1. The largest absolute Gasteiger partial charge is 0.464 e. The van der Waals surface area contributed by atoms with Crippen molar-refractivity contribution >= 4 is 22.5 Å². The van der Waals surface area contributed by atoms with E-state index in [1.54, 1.807) is 31.5 Å². The van der Waals surface area contributed by atoms with E-state index in [4.69, 9.17) is 4.42 Å². The number of nitrogens with one attached hydrogen (secondary N) is 1. The molecule has 1 aromatic carbocycles. The lowest BCUT2D eigenvalue weighted by Gasteiger charge is -2.09. The number of rotatable bonds is 4. The van der Waals surface area contributed by atoms with Crippen molar-refractivity contribution in [2.24, 2.45) is 0 Å². The van der Waals surface area contributed by atoms with E-state index < -0.39 is 0 Å². The zero-order valence-electron chi connectivity index (χ0n) is 11.4. The zero-order valence-corrected chi connectivity index (χ0v) is 11.4. The number of benzene rings is 1. The van der Waals surface area contributed by atoms with Crippen molar-refractivity contribution in [1.29, 1.82) is 0 Å². The first-order chi connectivity index (χ1) is 10.2. The summed E-state index contributed by atoms with van der Waals surface area (Å²) in [6.07, 6.45) is 3.27. The quantitative estimate of drug-likeness (QED) is 0.583. The van der Waals surface area contributed by atoms with Gasteiger partial charge in [-0.2, -0.15) is 0 Å². The molecule has 3 rings (SSSR count). The molecule has 21 heavy (non-hydrogen) atoms. The lowest BCUT2D eigenvalue weighted by atomic mass is 10.1. The minimum atomic E-state index is -0.367. The first kappa shape index (κ1) is 13.1. The number of hydrogen-bond acceptors (Lipinski definition) is 5. The van der Waals surface area contributed by atoms with Gasteiger partial charge in [-0.1, -0.05) is 12.1 Å². The molecule has 0 aliphatic rings. The van der Waals surface area contributed by atoms with Gasteiger partial charge in [-0.05, 0) is 24.6 Å². The summed E-state index contributed by atoms with van der Waals surface area (Å²) >= 11 is 0. The number of nitro groups is 1. The molecule has 0 saturated carbocycles. The van der Waals surface area contributed by atoms with Crippen molar-refractivity contribution < 1.29 is 9.34 Å². The number of fused-ring (bicyclic) bond motifs is 1. The fourth-order valence-electron chi connectivity index (χ4n) is 2.27. The molecule has 0 atom stereocenters. The smallest absolute Gasteiger partial charge is 0.272 e. The summed E-state index contributed by atoms with van der Waals surface area (Å²) in [6.45, 7) is 2.21. The summed E-state index contributed by atoms with van der Waals surface area (Å²) in [5, 5.41) is 15.0. The number of furan rings is 1. The van der Waals surface area contributed by atoms with Crippen LogP contribution in [0.4, 0.5) is 11.5 Å². The van der Waals surface area contributed by atoms with Gasteiger partial charge in [-0.15, -0.1) is 0 Å². The number of pyridine rings is 1. The van der Waals surface area contributed by atoms with Crippen LogP contribution in [0.25, 0.3) is 11.0 Å². The van der Waals surface area contributed by atoms with Gasteiger partial charge in [0.15, 0.2) is 0 Å². The van der Waals surface area contributed by atoms with Gasteiger partial charge in [0.2, 0.25) is 0 Å². The molecule has 0 unspecified atom stereocenters. The Labute approximate surface area is 120 Å². The van der Waals surface area contributed by atoms with Gasteiger partial charge < -0.3 is 9.73 Å². The van der Waals surface area contributed by atoms with Gasteiger partial charge in [-0.3, -0.25) is 10.1 Å². The highest BCUT2D eigenvalue weighted by Crippen LogP contribution is 2.24. The second-order valence-electron chi connectivity index (χ2n) is 4.66. The van der Waals surface area contributed by atoms with Gasteiger partial charge in [0.05, 0.1) is 16.6 Å². The summed E-state index contributed by atoms with van der Waals surface area (Å²) in [4.78, 5) is 14.9. The third-order valence-electron chi connectivity index (χ3n) is 3.44. The van der Waals surface area contributed by atoms with Crippen molar-refractivity contribution in [3.63, 3.8) is 0 Å². The molecule has 0 aliphatic carbocycles. The maximum Gasteiger partial charge on any atom is 0.272 e. The maximum atomic E-state index is 10.9. The molecule has 3 aromatic rings. The summed E-state index contributed by atoms with van der Waals surface area (Å²) in [5.74, 6) is 0.701. The Morgan fingerprint density at radius 3 is 3.00 bits per heavy atom. The van der Waals surface area contributed by atoms with Crippen LogP contribution >= 0.6 is 0 Å². The van der Waals surface area contributed by atoms with E-state index >= 15 is 0 Å². The second-order valence-corrected chi connectivity index (χ2v) is 4.66. The minimum Gasteiger partial charge on any atom is -0.464 e. The summed E-state index contributed by atoms with van der Waals surface area (Å²) in [5.41, 5.74) is 2.41. The number of aromatic nitrogens is 1. The van der Waals surface area contributed by atoms with Crippen LogP contribution in [0.1, 0.15) is 11.1 Å². The monoisotopic (exact) mass is 283 g/mol. The first-order valence-corrected chi connectivity index (χ1v) is 6.46. The third kappa shape index (κ3) is 2.43. The van der Waals surface area contributed by atoms with Crippen LogP contribution in [-0.4, -0.2) is 9.91 Å². The first-order valence-electron chi connectivity index (χ1n) is 6.46. The van der Waals surface area contributed by atoms with E-state index in [0.29, 0.717) is 17.9 Å². The van der Waals surface area contributed by atoms with Crippen molar-refractivity contribution in [1.82, 2.24) is 4.98 Å². The Hall–Kier alpha value is -2.89. The van der Waals surface area contributed by atoms with Crippen LogP contribution in [0.2, 0.25) is 0 Å². The predicted molar refractivity (Wildman–Crippen MR) is 79.2 cm³/mol. The number of nitro benzene ring substituents is 1. The van der Waals surface area contributed by atoms with E-state index in [1.165, 1.54) is 6.07 Å². The zero-order chi connectivity index (χ0) is 14.8. The molecular weight excluding hydrogens is 270 g/mol. The van der Waals surface area contributed by atoms with E-state index in [1.807, 2.05) is 12.1 Å². The van der Waals surface area contributed by atoms with Crippen molar-refractivity contribution in [3.05, 3.63) is 64.0 Å². The molecule has 0 spiro atoms. The van der Waals surface area contributed by atoms with Gasteiger partial charge in [0, 0.05) is 24.4 Å². The van der Waals surface area contributed by atoms with Crippen molar-refractivity contribution in [2.75, 3.05) is 5.32 Å². The average Bonchev–Trinajstić information content (AvgIpc) is 2.95. The lowest BCUT2D eigenvalue weighted by molar-refractivity contribution is -0.385. The second kappa shape index (κ2) is 5.24. The van der Waals surface area contributed by atoms with E-state index in [2.05, 4.69) is 10.3 Å². The van der Waals surface area contributed by atoms with Crippen molar-refractivity contribution in [3.8, 4) is 0 Å². The number of anilines is 1. The Balaban J connectivity index is 1.87. The average molecular weight is 283 g/mol. The lowest BCUT2D eigenvalue weighted by Crippen LogP contribution is -2.04. The molecule has 2 heterocycles. The minimum absolute atomic E-state index is 0.128. The molecule has 0 aliphatic heterocycles. The third-order valence-corrected chi connectivity index (χ3v) is 3.44. The van der Waals surface area contributed by atoms with E-state index in [0.717, 1.165) is 16.5 Å². The molecule has 0 amide bonds. The highest BCUT2D eigenvalue weighted by atomic mass is 16.6. The normalized spacial score (nSPS) is 10.7. The van der Waals surface area contributed by atoms with Crippen molar-refractivity contribution in [2.45, 2.75) is 13.5 Å². The van der Waals surface area contributed by atoms with Gasteiger partial charge in [0.1, 0.15) is 11.4 Å². The van der Waals surface area contributed by atoms with Crippen LogP contribution < -0.4 is 5.32 Å². The van der Waals surface area contributed by atoms with E-state index in [-0.39, 0.29) is 10.6 Å². The summed E-state index contributed by atoms with van der Waals surface area (Å²) < 4.78 is 5.32. The standard InChI is InChI=1S/C15H13N3O3/c1-10-11(3-2-4-13(10)18(19)20)9-17-15-12-6-8-21-14(12)5-7-16-15/h2-8H,9H2,1H3,(H,16,17). The fourth-order valence-corrected chi connectivity index (χ4v) is 2.27. The Morgan fingerprint density at radius 2 is 2.19 bits per heavy atom. The van der Waals surface area contributed by atoms with Crippen LogP contribution in [0.15, 0.2) is 47.2 Å². The SMILES string of the molecule is Cc1c(CNc2nccc3occc23)cccc1[N+](=O)[O-]. The molecule has 1 N–H and O–H groups in total. The highest BCUT2D eigenvalue weighted by Gasteiger charge is 2.13. The molecule has 0 radical (unpaired) electrons. The Kier molecular flexibility index (Phi) is 3.27. The molecule has 0 saturated heterocycles. The molecular formula is C15H13N3O3. The van der Waals surface area contributed by atoms with Crippen LogP contribution in [0, 0.1) is 17.0 Å². The molecule has 0 fully saturated rings. The maximum absolute atomic E-state index is 10.9. The predicted octanol–water partition coefficient (Wildman–Crippen LogP) is 3.66. The van der Waals surface area contributed by atoms with Crippen LogP contribution in [0.3, 0.4) is 0 Å².